The zero-order valence-electron chi connectivity index (χ0n) is 20.3. The number of carbonyl (C=O) groups is 2. The van der Waals surface area contributed by atoms with E-state index >= 15 is 0 Å². The van der Waals surface area contributed by atoms with Gasteiger partial charge in [0.05, 0.1) is 23.6 Å². The van der Waals surface area contributed by atoms with Gasteiger partial charge in [-0.25, -0.2) is 8.42 Å². The Hall–Kier alpha value is -3.08. The Balaban J connectivity index is 1.39. The van der Waals surface area contributed by atoms with Gasteiger partial charge < -0.3 is 15.0 Å². The summed E-state index contributed by atoms with van der Waals surface area (Å²) in [4.78, 5) is 28.5. The number of hydrogen-bond acceptors (Lipinski definition) is 5. The van der Waals surface area contributed by atoms with Gasteiger partial charge in [-0.15, -0.1) is 0 Å². The number of hydrogen-bond donors (Lipinski definition) is 1. The minimum Gasteiger partial charge on any atom is -0.496 e. The van der Waals surface area contributed by atoms with E-state index in [-0.39, 0.29) is 40.0 Å². The average Bonchev–Trinajstić information content (AvgIpc) is 3.78. The van der Waals surface area contributed by atoms with Crippen LogP contribution in [0.15, 0.2) is 47.4 Å². The highest BCUT2D eigenvalue weighted by molar-refractivity contribution is 7.90. The second kappa shape index (κ2) is 9.04. The van der Waals surface area contributed by atoms with Crippen LogP contribution in [0.5, 0.6) is 5.75 Å². The van der Waals surface area contributed by atoms with Gasteiger partial charge in [0, 0.05) is 23.4 Å². The molecule has 7 nitrogen and oxygen atoms in total. The van der Waals surface area contributed by atoms with Crippen LogP contribution in [0.2, 0.25) is 0 Å². The number of halogens is 3. The molecule has 5 rings (SSSR count). The average molecular weight is 537 g/mol. The highest BCUT2D eigenvalue weighted by atomic mass is 32.2. The predicted octanol–water partition coefficient (Wildman–Crippen LogP) is 3.99. The summed E-state index contributed by atoms with van der Waals surface area (Å²) >= 11 is 0. The normalized spacial score (nSPS) is 23.8. The van der Waals surface area contributed by atoms with Crippen LogP contribution in [0.25, 0.3) is 0 Å². The van der Waals surface area contributed by atoms with Crippen LogP contribution in [-0.4, -0.2) is 50.6 Å². The predicted molar refractivity (Wildman–Crippen MR) is 128 cm³/mol. The van der Waals surface area contributed by atoms with Gasteiger partial charge >= 0.3 is 6.18 Å². The summed E-state index contributed by atoms with van der Waals surface area (Å²) in [6.07, 6.45) is -0.578. The minimum absolute atomic E-state index is 0.0223. The Bertz CT molecular complexity index is 1360. The highest BCUT2D eigenvalue weighted by Crippen LogP contribution is 2.49. The lowest BCUT2D eigenvalue weighted by atomic mass is 9.98. The fourth-order valence-electron chi connectivity index (χ4n) is 5.26. The maximum atomic E-state index is 13.5. The smallest absolute Gasteiger partial charge is 0.416 e. The van der Waals surface area contributed by atoms with E-state index in [0.29, 0.717) is 12.0 Å². The lowest BCUT2D eigenvalue weighted by Crippen LogP contribution is -2.49. The molecule has 0 bridgehead atoms. The third-order valence-electron chi connectivity index (χ3n) is 7.44. The summed E-state index contributed by atoms with van der Waals surface area (Å²) in [7, 11) is -2.22. The second-order valence-electron chi connectivity index (χ2n) is 10.1. The van der Waals surface area contributed by atoms with E-state index in [9.17, 15) is 31.2 Å². The van der Waals surface area contributed by atoms with Gasteiger partial charge in [-0.2, -0.15) is 13.2 Å². The fraction of sp³-hybridized carbons (Fsp3) is 0.462. The van der Waals surface area contributed by atoms with E-state index in [4.69, 9.17) is 4.74 Å². The topological polar surface area (TPSA) is 92.8 Å². The lowest BCUT2D eigenvalue weighted by molar-refractivity contribution is -0.137. The van der Waals surface area contributed by atoms with E-state index in [1.165, 1.54) is 42.3 Å². The van der Waals surface area contributed by atoms with E-state index in [0.717, 1.165) is 37.7 Å². The molecule has 2 aromatic carbocycles. The third-order valence-corrected chi connectivity index (χ3v) is 8.55. The number of methoxy groups -OCH3 is 1. The summed E-state index contributed by atoms with van der Waals surface area (Å²) in [5.41, 5.74) is -0.178. The van der Waals surface area contributed by atoms with Gasteiger partial charge in [0.1, 0.15) is 11.8 Å². The molecule has 11 heteroatoms. The number of benzene rings is 2. The molecule has 0 radical (unpaired) electrons. The molecule has 2 saturated carbocycles. The summed E-state index contributed by atoms with van der Waals surface area (Å²) in [5.74, 6) is -0.491. The van der Waals surface area contributed by atoms with Crippen molar-refractivity contribution in [3.8, 4) is 5.75 Å². The second-order valence-corrected chi connectivity index (χ2v) is 12.1. The van der Waals surface area contributed by atoms with Crippen LogP contribution in [0.1, 0.15) is 53.2 Å². The van der Waals surface area contributed by atoms with Crippen LogP contribution in [0, 0.1) is 11.8 Å². The van der Waals surface area contributed by atoms with Crippen molar-refractivity contribution in [1.29, 1.82) is 0 Å². The number of piperidine rings is 1. The molecule has 1 heterocycles. The number of sulfone groups is 1. The van der Waals surface area contributed by atoms with Crippen molar-refractivity contribution in [2.75, 3.05) is 13.4 Å². The van der Waals surface area contributed by atoms with Crippen LogP contribution in [0.3, 0.4) is 0 Å². The molecule has 37 heavy (non-hydrogen) atoms. The molecule has 2 aliphatic carbocycles. The number of alkyl halides is 3. The first-order valence-corrected chi connectivity index (χ1v) is 14.0. The Labute approximate surface area is 212 Å². The molecular formula is C26H27F3N2O5S. The number of ether oxygens (including phenoxy) is 1. The Kier molecular flexibility index (Phi) is 6.24. The van der Waals surface area contributed by atoms with Crippen LogP contribution in [0.4, 0.5) is 13.2 Å². The van der Waals surface area contributed by atoms with Crippen molar-refractivity contribution in [3.63, 3.8) is 0 Å². The van der Waals surface area contributed by atoms with Crippen LogP contribution in [-0.2, 0) is 20.8 Å². The highest BCUT2D eigenvalue weighted by Gasteiger charge is 2.56. The molecule has 2 aromatic rings. The largest absolute Gasteiger partial charge is 0.496 e. The first kappa shape index (κ1) is 25.6. The summed E-state index contributed by atoms with van der Waals surface area (Å²) in [6, 6.07) is 7.64. The third kappa shape index (κ3) is 5.05. The van der Waals surface area contributed by atoms with E-state index in [2.05, 4.69) is 5.32 Å². The number of nitrogens with zero attached hydrogens (tertiary/aromatic N) is 1. The zero-order chi connectivity index (χ0) is 26.7. The SMILES string of the molecule is COc1cc(C(F)(F)F)ccc1[C@H](NC(=O)[C@H]1C[C@H]2C[C@H]2N1C(=O)c1cccc(S(C)(=O)=O)c1)C1CC1. The molecule has 2 amide bonds. The van der Waals surface area contributed by atoms with Gasteiger partial charge in [-0.3, -0.25) is 9.59 Å². The van der Waals surface area contributed by atoms with Gasteiger partial charge in [-0.05, 0) is 67.9 Å². The molecular weight excluding hydrogens is 509 g/mol. The zero-order valence-corrected chi connectivity index (χ0v) is 21.1. The number of rotatable bonds is 7. The maximum absolute atomic E-state index is 13.5. The molecule has 4 atom stereocenters. The molecule has 0 spiro atoms. The molecule has 0 aromatic heterocycles. The fourth-order valence-corrected chi connectivity index (χ4v) is 5.93. The van der Waals surface area contributed by atoms with Crippen molar-refractivity contribution >= 4 is 21.7 Å². The van der Waals surface area contributed by atoms with Crippen molar-refractivity contribution in [2.45, 2.75) is 54.9 Å². The Morgan fingerprint density at radius 1 is 1.11 bits per heavy atom. The van der Waals surface area contributed by atoms with E-state index < -0.39 is 39.6 Å². The lowest BCUT2D eigenvalue weighted by Gasteiger charge is -2.30. The Morgan fingerprint density at radius 2 is 1.84 bits per heavy atom. The maximum Gasteiger partial charge on any atom is 0.416 e. The number of carbonyl (C=O) groups excluding carboxylic acids is 2. The monoisotopic (exact) mass is 536 g/mol. The molecule has 1 saturated heterocycles. The summed E-state index contributed by atoms with van der Waals surface area (Å²) < 4.78 is 68.8. The molecule has 3 aliphatic rings. The number of fused-ring (bicyclic) bond motifs is 1. The first-order chi connectivity index (χ1) is 17.4. The summed E-state index contributed by atoms with van der Waals surface area (Å²) in [5, 5.41) is 2.99. The summed E-state index contributed by atoms with van der Waals surface area (Å²) in [6.45, 7) is 0. The van der Waals surface area contributed by atoms with Crippen molar-refractivity contribution in [2.24, 2.45) is 11.8 Å². The van der Waals surface area contributed by atoms with E-state index in [1.807, 2.05) is 0 Å². The first-order valence-electron chi connectivity index (χ1n) is 12.1. The van der Waals surface area contributed by atoms with Gasteiger partial charge in [0.15, 0.2) is 9.84 Å². The van der Waals surface area contributed by atoms with Crippen LogP contribution < -0.4 is 10.1 Å². The molecule has 1 aliphatic heterocycles. The minimum atomic E-state index is -4.52. The molecule has 1 N–H and O–H groups in total. The van der Waals surface area contributed by atoms with Crippen molar-refractivity contribution in [3.05, 3.63) is 59.2 Å². The number of nitrogens with one attached hydrogen (secondary N) is 1. The van der Waals surface area contributed by atoms with E-state index in [1.54, 1.807) is 0 Å². The Morgan fingerprint density at radius 3 is 2.46 bits per heavy atom. The molecule has 198 valence electrons. The quantitative estimate of drug-likeness (QED) is 0.578. The standard InChI is InChI=1S/C26H27F3N2O5S/c1-36-22-13-17(26(27,28)29)8-9-19(22)23(14-6-7-14)30-24(32)21-12-16-11-20(16)31(21)25(33)15-4-3-5-18(10-15)37(2,34)35/h3-5,8-10,13-14,16,20-21,23H,6-7,11-12H2,1-2H3,(H,30,32)/t16-,20-,21-,23-/m1/s1. The number of amides is 2. The van der Waals surface area contributed by atoms with Crippen molar-refractivity contribution in [1.82, 2.24) is 10.2 Å². The molecule has 0 unspecified atom stereocenters. The number of likely N-dealkylation sites (tertiary alicyclic amines) is 1. The van der Waals surface area contributed by atoms with Crippen molar-refractivity contribution < 1.29 is 35.9 Å². The van der Waals surface area contributed by atoms with Gasteiger partial charge in [0.25, 0.3) is 5.91 Å². The van der Waals surface area contributed by atoms with Crippen LogP contribution >= 0.6 is 0 Å². The van der Waals surface area contributed by atoms with Gasteiger partial charge in [-0.1, -0.05) is 12.1 Å². The van der Waals surface area contributed by atoms with Gasteiger partial charge in [0.2, 0.25) is 5.91 Å². The molecule has 3 fully saturated rings.